The zero-order valence-electron chi connectivity index (χ0n) is 12.7. The van der Waals surface area contributed by atoms with Crippen LogP contribution in [0.1, 0.15) is 22.6 Å². The van der Waals surface area contributed by atoms with E-state index in [1.54, 1.807) is 11.3 Å². The van der Waals surface area contributed by atoms with Crippen LogP contribution in [0.15, 0.2) is 11.6 Å². The summed E-state index contributed by atoms with van der Waals surface area (Å²) in [6.45, 7) is 2.49. The van der Waals surface area contributed by atoms with Gasteiger partial charge in [-0.05, 0) is 13.3 Å². The lowest BCUT2D eigenvalue weighted by Gasteiger charge is -2.31. The Hall–Kier alpha value is -1.97. The van der Waals surface area contributed by atoms with E-state index in [4.69, 9.17) is 15.2 Å². The van der Waals surface area contributed by atoms with Crippen molar-refractivity contribution in [3.05, 3.63) is 23.0 Å². The summed E-state index contributed by atoms with van der Waals surface area (Å²) in [5, 5.41) is 4.80. The molecule has 1 fully saturated rings. The van der Waals surface area contributed by atoms with Crippen LogP contribution in [-0.2, 0) is 14.3 Å². The van der Waals surface area contributed by atoms with E-state index in [1.165, 1.54) is 11.3 Å². The maximum atomic E-state index is 12.6. The van der Waals surface area contributed by atoms with Gasteiger partial charge in [0.1, 0.15) is 12.3 Å². The SMILES string of the molecule is Cc1nc2sccn2c1C(=O)N[C@@H]1COCC[C@@H]1OCC(N)=O. The number of ether oxygens (including phenoxy) is 2. The summed E-state index contributed by atoms with van der Waals surface area (Å²) in [6, 6.07) is -0.334. The fraction of sp³-hybridized carbons (Fsp3) is 0.500. The normalized spacial score (nSPS) is 21.4. The Bertz CT molecular complexity index is 726. The van der Waals surface area contributed by atoms with E-state index >= 15 is 0 Å². The van der Waals surface area contributed by atoms with Gasteiger partial charge >= 0.3 is 0 Å². The quantitative estimate of drug-likeness (QED) is 0.803. The largest absolute Gasteiger partial charge is 0.379 e. The Balaban J connectivity index is 1.73. The molecule has 0 saturated carbocycles. The van der Waals surface area contributed by atoms with Crippen LogP contribution >= 0.6 is 11.3 Å². The molecule has 0 spiro atoms. The van der Waals surface area contributed by atoms with Crippen molar-refractivity contribution in [2.75, 3.05) is 19.8 Å². The maximum Gasteiger partial charge on any atom is 0.270 e. The van der Waals surface area contributed by atoms with E-state index in [2.05, 4.69) is 10.3 Å². The molecule has 0 radical (unpaired) electrons. The van der Waals surface area contributed by atoms with Crippen LogP contribution in [0, 0.1) is 6.92 Å². The number of aromatic nitrogens is 2. The predicted octanol–water partition coefficient (Wildman–Crippen LogP) is 0.0934. The van der Waals surface area contributed by atoms with Crippen molar-refractivity contribution in [3.8, 4) is 0 Å². The molecule has 2 aromatic rings. The summed E-state index contributed by atoms with van der Waals surface area (Å²) in [7, 11) is 0. The van der Waals surface area contributed by atoms with Gasteiger partial charge in [0, 0.05) is 18.2 Å². The van der Waals surface area contributed by atoms with Crippen LogP contribution in [0.4, 0.5) is 0 Å². The first-order chi connectivity index (χ1) is 11.1. The first-order valence-corrected chi connectivity index (χ1v) is 8.15. The number of thiazole rings is 1. The number of fused-ring (bicyclic) bond motifs is 1. The smallest absolute Gasteiger partial charge is 0.270 e. The third-order valence-corrected chi connectivity index (χ3v) is 4.46. The van der Waals surface area contributed by atoms with Crippen LogP contribution in [0.5, 0.6) is 0 Å². The minimum Gasteiger partial charge on any atom is -0.379 e. The highest BCUT2D eigenvalue weighted by atomic mass is 32.1. The summed E-state index contributed by atoms with van der Waals surface area (Å²) >= 11 is 1.47. The monoisotopic (exact) mass is 338 g/mol. The lowest BCUT2D eigenvalue weighted by molar-refractivity contribution is -0.128. The fourth-order valence-corrected chi connectivity index (χ4v) is 3.41. The zero-order valence-corrected chi connectivity index (χ0v) is 13.5. The van der Waals surface area contributed by atoms with Gasteiger partial charge in [0.05, 0.1) is 24.4 Å². The average molecular weight is 338 g/mol. The second kappa shape index (κ2) is 6.65. The average Bonchev–Trinajstić information content (AvgIpc) is 3.05. The Morgan fingerprint density at radius 3 is 3.22 bits per heavy atom. The van der Waals surface area contributed by atoms with Gasteiger partial charge in [0.15, 0.2) is 4.96 Å². The van der Waals surface area contributed by atoms with Crippen molar-refractivity contribution >= 4 is 28.1 Å². The minimum absolute atomic E-state index is 0.169. The van der Waals surface area contributed by atoms with E-state index in [-0.39, 0.29) is 24.7 Å². The highest BCUT2D eigenvalue weighted by Crippen LogP contribution is 2.18. The molecule has 124 valence electrons. The molecular weight excluding hydrogens is 320 g/mol. The van der Waals surface area contributed by atoms with E-state index < -0.39 is 5.91 Å². The molecule has 0 aromatic carbocycles. The summed E-state index contributed by atoms with van der Waals surface area (Å²) in [4.78, 5) is 28.6. The number of carbonyl (C=O) groups excluding carboxylic acids is 2. The molecule has 9 heteroatoms. The lowest BCUT2D eigenvalue weighted by atomic mass is 10.1. The number of amides is 2. The highest BCUT2D eigenvalue weighted by molar-refractivity contribution is 7.15. The van der Waals surface area contributed by atoms with Crippen molar-refractivity contribution in [3.63, 3.8) is 0 Å². The first-order valence-electron chi connectivity index (χ1n) is 7.27. The number of hydrogen-bond acceptors (Lipinski definition) is 6. The first kappa shape index (κ1) is 15.9. The maximum absolute atomic E-state index is 12.6. The third-order valence-electron chi connectivity index (χ3n) is 3.70. The molecule has 2 atom stereocenters. The Morgan fingerprint density at radius 1 is 1.61 bits per heavy atom. The number of nitrogens with two attached hydrogens (primary N) is 1. The Labute approximate surface area is 136 Å². The summed E-state index contributed by atoms with van der Waals surface area (Å²) < 4.78 is 12.7. The van der Waals surface area contributed by atoms with Crippen LogP contribution in [0.3, 0.4) is 0 Å². The Kier molecular flexibility index (Phi) is 4.60. The molecule has 2 aromatic heterocycles. The van der Waals surface area contributed by atoms with Crippen molar-refractivity contribution in [1.82, 2.24) is 14.7 Å². The molecule has 3 rings (SSSR count). The number of rotatable bonds is 5. The van der Waals surface area contributed by atoms with E-state index in [1.807, 2.05) is 11.6 Å². The van der Waals surface area contributed by atoms with Gasteiger partial charge in [-0.2, -0.15) is 0 Å². The van der Waals surface area contributed by atoms with E-state index in [9.17, 15) is 9.59 Å². The predicted molar refractivity (Wildman–Crippen MR) is 83.4 cm³/mol. The molecular formula is C14H18N4O4S. The number of hydrogen-bond donors (Lipinski definition) is 2. The molecule has 0 unspecified atom stereocenters. The van der Waals surface area contributed by atoms with E-state index in [0.717, 1.165) is 4.96 Å². The molecule has 1 saturated heterocycles. The van der Waals surface area contributed by atoms with Crippen molar-refractivity contribution < 1.29 is 19.1 Å². The van der Waals surface area contributed by atoms with Crippen LogP contribution in [0.25, 0.3) is 4.96 Å². The van der Waals surface area contributed by atoms with Gasteiger partial charge in [0.25, 0.3) is 5.91 Å². The van der Waals surface area contributed by atoms with Crippen LogP contribution in [-0.4, -0.2) is 53.2 Å². The number of carbonyl (C=O) groups is 2. The van der Waals surface area contributed by atoms with Gasteiger partial charge in [-0.25, -0.2) is 4.98 Å². The van der Waals surface area contributed by atoms with Gasteiger partial charge in [-0.1, -0.05) is 0 Å². The number of imidazole rings is 1. The van der Waals surface area contributed by atoms with Crippen molar-refractivity contribution in [1.29, 1.82) is 0 Å². The Morgan fingerprint density at radius 2 is 2.43 bits per heavy atom. The standard InChI is InChI=1S/C14H18N4O4S/c1-8-12(18-3-5-23-14(18)16-8)13(20)17-9-6-21-4-2-10(9)22-7-11(15)19/h3,5,9-10H,2,4,6-7H2,1H3,(H2,15,19)(H,17,20)/t9-,10+/m1/s1. The van der Waals surface area contributed by atoms with Crippen molar-refractivity contribution in [2.24, 2.45) is 5.73 Å². The molecule has 0 aliphatic carbocycles. The van der Waals surface area contributed by atoms with Gasteiger partial charge < -0.3 is 20.5 Å². The second-order valence-corrected chi connectivity index (χ2v) is 6.23. The number of nitrogens with zero attached hydrogens (tertiary/aromatic N) is 2. The molecule has 3 heterocycles. The molecule has 1 aliphatic heterocycles. The lowest BCUT2D eigenvalue weighted by Crippen LogP contribution is -2.51. The number of nitrogens with one attached hydrogen (secondary N) is 1. The second-order valence-electron chi connectivity index (χ2n) is 5.36. The molecule has 3 N–H and O–H groups in total. The molecule has 8 nitrogen and oxygen atoms in total. The number of aryl methyl sites for hydroxylation is 1. The van der Waals surface area contributed by atoms with E-state index in [0.29, 0.717) is 31.0 Å². The fourth-order valence-electron chi connectivity index (χ4n) is 2.65. The van der Waals surface area contributed by atoms with Gasteiger partial charge in [0.2, 0.25) is 5.91 Å². The third kappa shape index (κ3) is 3.36. The molecule has 23 heavy (non-hydrogen) atoms. The zero-order chi connectivity index (χ0) is 16.4. The van der Waals surface area contributed by atoms with Gasteiger partial charge in [-0.3, -0.25) is 14.0 Å². The highest BCUT2D eigenvalue weighted by Gasteiger charge is 2.30. The molecule has 0 bridgehead atoms. The van der Waals surface area contributed by atoms with Gasteiger partial charge in [-0.15, -0.1) is 11.3 Å². The molecule has 2 amide bonds. The van der Waals surface area contributed by atoms with Crippen LogP contribution < -0.4 is 11.1 Å². The van der Waals surface area contributed by atoms with Crippen molar-refractivity contribution in [2.45, 2.75) is 25.5 Å². The van der Waals surface area contributed by atoms with Crippen LogP contribution in [0.2, 0.25) is 0 Å². The minimum atomic E-state index is -0.534. The summed E-state index contributed by atoms with van der Waals surface area (Å²) in [5.41, 5.74) is 6.28. The number of primary amides is 1. The summed E-state index contributed by atoms with van der Waals surface area (Å²) in [6.07, 6.45) is 2.11. The molecule has 1 aliphatic rings. The summed E-state index contributed by atoms with van der Waals surface area (Å²) in [5.74, 6) is -0.773. The topological polar surface area (TPSA) is 108 Å².